The molecular weight excluding hydrogens is 434 g/mol. The van der Waals surface area contributed by atoms with Crippen molar-refractivity contribution >= 4 is 45.7 Å². The van der Waals surface area contributed by atoms with E-state index in [4.69, 9.17) is 4.74 Å². The Labute approximate surface area is 177 Å². The number of para-hydroxylation sites is 1. The highest BCUT2D eigenvalue weighted by Crippen LogP contribution is 2.18. The van der Waals surface area contributed by atoms with Gasteiger partial charge in [-0.2, -0.15) is 20.1 Å². The molecule has 0 radical (unpaired) electrons. The topological polar surface area (TPSA) is 87.6 Å². The van der Waals surface area contributed by atoms with Crippen molar-refractivity contribution < 1.29 is 4.74 Å². The van der Waals surface area contributed by atoms with Crippen LogP contribution < -0.4 is 15.6 Å². The zero-order valence-corrected chi connectivity index (χ0v) is 17.2. The lowest BCUT2D eigenvalue weighted by Gasteiger charge is -2.27. The van der Waals surface area contributed by atoms with Crippen LogP contribution in [0.25, 0.3) is 0 Å². The molecule has 4 rings (SSSR count). The van der Waals surface area contributed by atoms with Crippen molar-refractivity contribution in [3.8, 4) is 0 Å². The Balaban J connectivity index is 1.55. The highest BCUT2D eigenvalue weighted by molar-refractivity contribution is 9.10. The van der Waals surface area contributed by atoms with Gasteiger partial charge in [0.05, 0.1) is 19.4 Å². The van der Waals surface area contributed by atoms with Crippen molar-refractivity contribution in [2.24, 2.45) is 5.10 Å². The molecule has 8 nitrogen and oxygen atoms in total. The van der Waals surface area contributed by atoms with Crippen LogP contribution in [0.2, 0.25) is 0 Å². The quantitative estimate of drug-likeness (QED) is 0.434. The van der Waals surface area contributed by atoms with Crippen molar-refractivity contribution in [1.29, 1.82) is 0 Å². The minimum absolute atomic E-state index is 0.369. The molecule has 1 aliphatic rings. The largest absolute Gasteiger partial charge is 0.378 e. The second-order valence-electron chi connectivity index (χ2n) is 6.29. The van der Waals surface area contributed by atoms with Crippen LogP contribution in [0.15, 0.2) is 64.2 Å². The van der Waals surface area contributed by atoms with E-state index in [-0.39, 0.29) is 0 Å². The number of benzene rings is 2. The van der Waals surface area contributed by atoms with Crippen LogP contribution in [-0.2, 0) is 4.74 Å². The average molecular weight is 454 g/mol. The lowest BCUT2D eigenvalue weighted by atomic mass is 10.2. The minimum atomic E-state index is 0.369. The third kappa shape index (κ3) is 5.49. The normalized spacial score (nSPS) is 14.2. The minimum Gasteiger partial charge on any atom is -0.378 e. The molecule has 0 amide bonds. The van der Waals surface area contributed by atoms with E-state index in [2.05, 4.69) is 51.6 Å². The Kier molecular flexibility index (Phi) is 6.28. The zero-order valence-electron chi connectivity index (χ0n) is 15.6. The molecule has 29 heavy (non-hydrogen) atoms. The van der Waals surface area contributed by atoms with Gasteiger partial charge in [-0.15, -0.1) is 0 Å². The van der Waals surface area contributed by atoms with E-state index >= 15 is 0 Å². The van der Waals surface area contributed by atoms with Crippen LogP contribution in [0.1, 0.15) is 5.56 Å². The van der Waals surface area contributed by atoms with Gasteiger partial charge in [-0.3, -0.25) is 0 Å². The van der Waals surface area contributed by atoms with Gasteiger partial charge in [-0.25, -0.2) is 5.43 Å². The van der Waals surface area contributed by atoms with Crippen LogP contribution >= 0.6 is 15.9 Å². The monoisotopic (exact) mass is 453 g/mol. The van der Waals surface area contributed by atoms with Crippen LogP contribution in [-0.4, -0.2) is 47.5 Å². The predicted molar refractivity (Wildman–Crippen MR) is 118 cm³/mol. The standard InChI is InChI=1S/C20H20BrN7O/c21-16-8-6-15(7-9-16)14-22-27-19-24-18(23-17-4-2-1-3-5-17)25-20(26-19)28-10-12-29-13-11-28/h1-9,14H,10-13H2,(H2,23,24,25,26,27)/b22-14+. The molecule has 148 valence electrons. The van der Waals surface area contributed by atoms with E-state index in [9.17, 15) is 0 Å². The Morgan fingerprint density at radius 3 is 2.41 bits per heavy atom. The first-order valence-electron chi connectivity index (χ1n) is 9.22. The third-order valence-corrected chi connectivity index (χ3v) is 4.72. The van der Waals surface area contributed by atoms with E-state index in [0.29, 0.717) is 31.1 Å². The SMILES string of the molecule is Brc1ccc(/C=N/Nc2nc(Nc3ccccc3)nc(N3CCOCC3)n2)cc1. The van der Waals surface area contributed by atoms with Gasteiger partial charge in [0.1, 0.15) is 0 Å². The molecule has 3 aromatic rings. The van der Waals surface area contributed by atoms with Crippen molar-refractivity contribution in [2.45, 2.75) is 0 Å². The summed E-state index contributed by atoms with van der Waals surface area (Å²) in [5.41, 5.74) is 4.77. The first-order chi connectivity index (χ1) is 14.3. The van der Waals surface area contributed by atoms with Crippen molar-refractivity contribution in [3.63, 3.8) is 0 Å². The highest BCUT2D eigenvalue weighted by atomic mass is 79.9. The van der Waals surface area contributed by atoms with Crippen molar-refractivity contribution in [1.82, 2.24) is 15.0 Å². The smallest absolute Gasteiger partial charge is 0.250 e. The maximum atomic E-state index is 5.43. The lowest BCUT2D eigenvalue weighted by molar-refractivity contribution is 0.122. The summed E-state index contributed by atoms with van der Waals surface area (Å²) in [4.78, 5) is 15.6. The van der Waals surface area contributed by atoms with E-state index in [1.54, 1.807) is 6.21 Å². The number of aromatic nitrogens is 3. The van der Waals surface area contributed by atoms with Crippen LogP contribution in [0.5, 0.6) is 0 Å². The first-order valence-corrected chi connectivity index (χ1v) is 10.0. The summed E-state index contributed by atoms with van der Waals surface area (Å²) >= 11 is 3.42. The molecule has 0 atom stereocenters. The van der Waals surface area contributed by atoms with E-state index < -0.39 is 0 Å². The number of rotatable bonds is 6. The summed E-state index contributed by atoms with van der Waals surface area (Å²) in [6.45, 7) is 2.77. The van der Waals surface area contributed by atoms with Crippen LogP contribution in [0.4, 0.5) is 23.5 Å². The van der Waals surface area contributed by atoms with Gasteiger partial charge in [-0.1, -0.05) is 46.3 Å². The summed E-state index contributed by atoms with van der Waals surface area (Å²) in [6.07, 6.45) is 1.72. The summed E-state index contributed by atoms with van der Waals surface area (Å²) < 4.78 is 6.45. The van der Waals surface area contributed by atoms with Gasteiger partial charge in [0, 0.05) is 23.2 Å². The number of morpholine rings is 1. The Morgan fingerprint density at radius 2 is 1.66 bits per heavy atom. The first kappa shape index (κ1) is 19.3. The second kappa shape index (κ2) is 9.44. The second-order valence-corrected chi connectivity index (χ2v) is 7.21. The number of hydrogen-bond acceptors (Lipinski definition) is 8. The fourth-order valence-corrected chi connectivity index (χ4v) is 3.00. The number of nitrogens with zero attached hydrogens (tertiary/aromatic N) is 5. The Bertz CT molecular complexity index is 960. The molecule has 0 aliphatic carbocycles. The van der Waals surface area contributed by atoms with Gasteiger partial charge >= 0.3 is 0 Å². The zero-order chi connectivity index (χ0) is 19.9. The summed E-state index contributed by atoms with van der Waals surface area (Å²) in [7, 11) is 0. The number of ether oxygens (including phenoxy) is 1. The number of halogens is 1. The molecule has 2 N–H and O–H groups in total. The number of hydrazone groups is 1. The number of anilines is 4. The highest BCUT2D eigenvalue weighted by Gasteiger charge is 2.16. The number of hydrogen-bond donors (Lipinski definition) is 2. The lowest BCUT2D eigenvalue weighted by Crippen LogP contribution is -2.37. The molecule has 0 unspecified atom stereocenters. The predicted octanol–water partition coefficient (Wildman–Crippen LogP) is 3.66. The molecule has 0 spiro atoms. The molecule has 0 saturated carbocycles. The fraction of sp³-hybridized carbons (Fsp3) is 0.200. The maximum absolute atomic E-state index is 5.43. The molecular formula is C20H20BrN7O. The molecule has 9 heteroatoms. The molecule has 1 saturated heterocycles. The summed E-state index contributed by atoms with van der Waals surface area (Å²) in [5.74, 6) is 1.41. The van der Waals surface area contributed by atoms with Crippen molar-refractivity contribution in [3.05, 3.63) is 64.6 Å². The molecule has 1 aliphatic heterocycles. The molecule has 0 bridgehead atoms. The van der Waals surface area contributed by atoms with Gasteiger partial charge in [0.2, 0.25) is 17.8 Å². The Morgan fingerprint density at radius 1 is 0.931 bits per heavy atom. The number of nitrogens with one attached hydrogen (secondary N) is 2. The van der Waals surface area contributed by atoms with E-state index in [1.165, 1.54) is 0 Å². The summed E-state index contributed by atoms with van der Waals surface area (Å²) in [5, 5.41) is 7.48. The Hall–Kier alpha value is -3.04. The third-order valence-electron chi connectivity index (χ3n) is 4.20. The van der Waals surface area contributed by atoms with Crippen LogP contribution in [0.3, 0.4) is 0 Å². The van der Waals surface area contributed by atoms with Crippen molar-refractivity contribution in [2.75, 3.05) is 41.9 Å². The van der Waals surface area contributed by atoms with Gasteiger partial charge in [-0.05, 0) is 29.8 Å². The van der Waals surface area contributed by atoms with E-state index in [1.807, 2.05) is 54.6 Å². The summed E-state index contributed by atoms with van der Waals surface area (Å²) in [6, 6.07) is 17.6. The van der Waals surface area contributed by atoms with Gasteiger partial charge in [0.15, 0.2) is 0 Å². The molecule has 2 aromatic carbocycles. The average Bonchev–Trinajstić information content (AvgIpc) is 2.76. The fourth-order valence-electron chi connectivity index (χ4n) is 2.74. The van der Waals surface area contributed by atoms with Crippen LogP contribution in [0, 0.1) is 0 Å². The maximum Gasteiger partial charge on any atom is 0.250 e. The van der Waals surface area contributed by atoms with Gasteiger partial charge < -0.3 is 15.0 Å². The van der Waals surface area contributed by atoms with E-state index in [0.717, 1.165) is 28.8 Å². The molecule has 2 heterocycles. The molecule has 1 fully saturated rings. The molecule has 1 aromatic heterocycles. The van der Waals surface area contributed by atoms with Gasteiger partial charge in [0.25, 0.3) is 0 Å².